The van der Waals surface area contributed by atoms with Crippen LogP contribution in [0.4, 0.5) is 0 Å². The highest BCUT2D eigenvalue weighted by atomic mass is 32.2. The molecule has 0 saturated carbocycles. The molecule has 0 N–H and O–H groups in total. The first-order valence-corrected chi connectivity index (χ1v) is 13.6. The van der Waals surface area contributed by atoms with E-state index < -0.39 is 10.0 Å². The van der Waals surface area contributed by atoms with Gasteiger partial charge in [-0.2, -0.15) is 4.31 Å². The van der Waals surface area contributed by atoms with Crippen molar-refractivity contribution >= 4 is 33.3 Å². The number of amides is 1. The third-order valence-corrected chi connectivity index (χ3v) is 8.51. The van der Waals surface area contributed by atoms with Crippen LogP contribution in [0.1, 0.15) is 36.1 Å². The third kappa shape index (κ3) is 6.07. The van der Waals surface area contributed by atoms with E-state index in [1.165, 1.54) is 9.71 Å². The Labute approximate surface area is 194 Å². The quantitative estimate of drug-likeness (QED) is 0.581. The van der Waals surface area contributed by atoms with Gasteiger partial charge >= 0.3 is 0 Å². The van der Waals surface area contributed by atoms with Crippen LogP contribution in [-0.4, -0.2) is 55.9 Å². The highest BCUT2D eigenvalue weighted by molar-refractivity contribution is 7.92. The lowest BCUT2D eigenvalue weighted by Gasteiger charge is -2.34. The molecule has 0 radical (unpaired) electrons. The smallest absolute Gasteiger partial charge is 0.236 e. The lowest BCUT2D eigenvalue weighted by Crippen LogP contribution is -2.45. The molecule has 0 spiro atoms. The summed E-state index contributed by atoms with van der Waals surface area (Å²) in [5.74, 6) is -0.0355. The summed E-state index contributed by atoms with van der Waals surface area (Å²) >= 11 is 1.65. The van der Waals surface area contributed by atoms with Gasteiger partial charge in [0.25, 0.3) is 0 Å². The van der Waals surface area contributed by atoms with Gasteiger partial charge in [-0.15, -0.1) is 11.3 Å². The van der Waals surface area contributed by atoms with Gasteiger partial charge < -0.3 is 9.64 Å². The Bertz CT molecular complexity index is 992. The average Bonchev–Trinajstić information content (AvgIpc) is 3.52. The van der Waals surface area contributed by atoms with Crippen molar-refractivity contribution in [1.29, 1.82) is 0 Å². The first-order chi connectivity index (χ1) is 15.5. The standard InChI is InChI=1S/C24H30N2O4S2/c27-24(25(18-22-8-4-15-30-22)19-23-9-5-16-31-23)21-10-13-26(14-11-21)32(28,29)17-12-20-6-2-1-3-7-20/h1-3,5-7,9,12,16-17,21-22H,4,8,10-11,13-15,18-19H2/b17-12+. The van der Waals surface area contributed by atoms with Crippen molar-refractivity contribution in [1.82, 2.24) is 9.21 Å². The molecule has 1 aromatic carbocycles. The highest BCUT2D eigenvalue weighted by Gasteiger charge is 2.33. The van der Waals surface area contributed by atoms with Crippen molar-refractivity contribution in [2.75, 3.05) is 26.2 Å². The van der Waals surface area contributed by atoms with Gasteiger partial charge in [0.15, 0.2) is 0 Å². The first-order valence-electron chi connectivity index (χ1n) is 11.2. The van der Waals surface area contributed by atoms with Crippen molar-refractivity contribution in [2.45, 2.75) is 38.3 Å². The van der Waals surface area contributed by atoms with E-state index in [9.17, 15) is 13.2 Å². The molecule has 172 valence electrons. The molecular formula is C24H30N2O4S2. The van der Waals surface area contributed by atoms with Crippen LogP contribution < -0.4 is 0 Å². The van der Waals surface area contributed by atoms with Gasteiger partial charge in [-0.1, -0.05) is 36.4 Å². The summed E-state index contributed by atoms with van der Waals surface area (Å²) in [5.41, 5.74) is 0.847. The van der Waals surface area contributed by atoms with Crippen LogP contribution in [0.2, 0.25) is 0 Å². The Morgan fingerprint density at radius 1 is 1.12 bits per heavy atom. The number of thiophene rings is 1. The number of hydrogen-bond donors (Lipinski definition) is 0. The molecule has 3 heterocycles. The van der Waals surface area contributed by atoms with Gasteiger partial charge in [-0.05, 0) is 48.8 Å². The van der Waals surface area contributed by atoms with Crippen LogP contribution in [0.25, 0.3) is 6.08 Å². The molecule has 1 aromatic heterocycles. The summed E-state index contributed by atoms with van der Waals surface area (Å²) in [6.45, 7) is 2.69. The van der Waals surface area contributed by atoms with Crippen LogP contribution in [0.5, 0.6) is 0 Å². The lowest BCUT2D eigenvalue weighted by atomic mass is 9.96. The van der Waals surface area contributed by atoms with Gasteiger partial charge in [0.2, 0.25) is 15.9 Å². The molecule has 2 fully saturated rings. The van der Waals surface area contributed by atoms with Crippen molar-refractivity contribution < 1.29 is 17.9 Å². The Hall–Kier alpha value is -2.00. The predicted octanol–water partition coefficient (Wildman–Crippen LogP) is 3.97. The summed E-state index contributed by atoms with van der Waals surface area (Å²) in [7, 11) is -3.50. The zero-order chi connectivity index (χ0) is 22.4. The maximum Gasteiger partial charge on any atom is 0.236 e. The summed E-state index contributed by atoms with van der Waals surface area (Å²) < 4.78 is 32.7. The van der Waals surface area contributed by atoms with Gasteiger partial charge in [0, 0.05) is 42.4 Å². The fraction of sp³-hybridized carbons (Fsp3) is 0.458. The normalized spacial score (nSPS) is 20.7. The molecule has 1 amide bonds. The van der Waals surface area contributed by atoms with E-state index in [-0.39, 0.29) is 17.9 Å². The molecule has 32 heavy (non-hydrogen) atoms. The van der Waals surface area contributed by atoms with Crippen LogP contribution in [0, 0.1) is 5.92 Å². The van der Waals surface area contributed by atoms with Crippen LogP contribution in [-0.2, 0) is 26.1 Å². The molecule has 2 saturated heterocycles. The largest absolute Gasteiger partial charge is 0.376 e. The molecule has 0 bridgehead atoms. The topological polar surface area (TPSA) is 66.9 Å². The van der Waals surface area contributed by atoms with Gasteiger partial charge in [-0.3, -0.25) is 4.79 Å². The van der Waals surface area contributed by atoms with Gasteiger partial charge in [-0.25, -0.2) is 8.42 Å². The second kappa shape index (κ2) is 10.7. The molecule has 2 aliphatic heterocycles. The van der Waals surface area contributed by atoms with E-state index in [2.05, 4.69) is 6.07 Å². The number of rotatable bonds is 8. The molecular weight excluding hydrogens is 444 g/mol. The third-order valence-electron chi connectivity index (χ3n) is 6.08. The van der Waals surface area contributed by atoms with Crippen LogP contribution in [0.15, 0.2) is 53.3 Å². The Morgan fingerprint density at radius 2 is 1.91 bits per heavy atom. The zero-order valence-electron chi connectivity index (χ0n) is 18.1. The SMILES string of the molecule is O=C(C1CCN(S(=O)(=O)/C=C/c2ccccc2)CC1)N(Cc1cccs1)CC1CCCO1. The van der Waals surface area contributed by atoms with Gasteiger partial charge in [0.05, 0.1) is 12.6 Å². The summed E-state index contributed by atoms with van der Waals surface area (Å²) in [4.78, 5) is 16.4. The van der Waals surface area contributed by atoms with Crippen LogP contribution in [0.3, 0.4) is 0 Å². The van der Waals surface area contributed by atoms with E-state index in [1.54, 1.807) is 17.4 Å². The Kier molecular flexibility index (Phi) is 7.78. The zero-order valence-corrected chi connectivity index (χ0v) is 19.8. The van der Waals surface area contributed by atoms with Crippen molar-refractivity contribution in [3.63, 3.8) is 0 Å². The number of ether oxygens (including phenoxy) is 1. The second-order valence-electron chi connectivity index (χ2n) is 8.36. The number of sulfonamides is 1. The highest BCUT2D eigenvalue weighted by Crippen LogP contribution is 2.25. The number of hydrogen-bond acceptors (Lipinski definition) is 5. The van der Waals surface area contributed by atoms with E-state index >= 15 is 0 Å². The molecule has 6 nitrogen and oxygen atoms in total. The van der Waals surface area contributed by atoms with E-state index in [1.807, 2.05) is 46.7 Å². The number of carbonyl (C=O) groups excluding carboxylic acids is 1. The minimum Gasteiger partial charge on any atom is -0.376 e. The Balaban J connectivity index is 1.36. The molecule has 2 aromatic rings. The average molecular weight is 475 g/mol. The number of benzene rings is 1. The number of piperidine rings is 1. The summed E-state index contributed by atoms with van der Waals surface area (Å²) in [5, 5.41) is 3.29. The molecule has 1 unspecified atom stereocenters. The van der Waals surface area contributed by atoms with Crippen LogP contribution >= 0.6 is 11.3 Å². The van der Waals surface area contributed by atoms with E-state index in [0.717, 1.165) is 29.9 Å². The van der Waals surface area contributed by atoms with Gasteiger partial charge in [0.1, 0.15) is 0 Å². The van der Waals surface area contributed by atoms with Crippen molar-refractivity contribution in [3.05, 3.63) is 63.7 Å². The summed E-state index contributed by atoms with van der Waals surface area (Å²) in [6.07, 6.45) is 4.84. The molecule has 2 aliphatic rings. The van der Waals surface area contributed by atoms with Crippen molar-refractivity contribution in [3.8, 4) is 0 Å². The first kappa shape index (κ1) is 23.2. The van der Waals surface area contributed by atoms with E-state index in [0.29, 0.717) is 39.0 Å². The predicted molar refractivity (Wildman–Crippen MR) is 127 cm³/mol. The molecule has 0 aliphatic carbocycles. The fourth-order valence-electron chi connectivity index (χ4n) is 4.29. The summed E-state index contributed by atoms with van der Waals surface area (Å²) in [6, 6.07) is 13.4. The van der Waals surface area contributed by atoms with Crippen molar-refractivity contribution in [2.24, 2.45) is 5.92 Å². The molecule has 1 atom stereocenters. The Morgan fingerprint density at radius 3 is 2.56 bits per heavy atom. The monoisotopic (exact) mass is 474 g/mol. The minimum atomic E-state index is -3.50. The fourth-order valence-corrected chi connectivity index (χ4v) is 6.23. The number of nitrogens with zero attached hydrogens (tertiary/aromatic N) is 2. The molecule has 8 heteroatoms. The molecule has 4 rings (SSSR count). The number of carbonyl (C=O) groups is 1. The maximum atomic E-state index is 13.4. The second-order valence-corrected chi connectivity index (χ2v) is 11.2. The maximum absolute atomic E-state index is 13.4. The minimum absolute atomic E-state index is 0.0995. The van der Waals surface area contributed by atoms with E-state index in [4.69, 9.17) is 4.74 Å². The lowest BCUT2D eigenvalue weighted by molar-refractivity contribution is -0.139.